The highest BCUT2D eigenvalue weighted by Gasteiger charge is 2.24. The number of aliphatic hydroxyl groups is 2. The highest BCUT2D eigenvalue weighted by molar-refractivity contribution is 5.70. The Balaban J connectivity index is 1.81. The summed E-state index contributed by atoms with van der Waals surface area (Å²) >= 11 is 0. The van der Waals surface area contributed by atoms with E-state index in [9.17, 15) is 10.2 Å². The van der Waals surface area contributed by atoms with Crippen LogP contribution in [0.1, 0.15) is 48.9 Å². The summed E-state index contributed by atoms with van der Waals surface area (Å²) in [6.07, 6.45) is 1.39. The van der Waals surface area contributed by atoms with Gasteiger partial charge in [0.2, 0.25) is 0 Å². The van der Waals surface area contributed by atoms with E-state index < -0.39 is 5.60 Å². The van der Waals surface area contributed by atoms with Gasteiger partial charge in [-0.15, -0.1) is 0 Å². The molecule has 0 saturated heterocycles. The molecule has 3 heteroatoms. The highest BCUT2D eigenvalue weighted by Crippen LogP contribution is 2.33. The molecule has 0 atom stereocenters. The predicted molar refractivity (Wildman–Crippen MR) is 118 cm³/mol. The summed E-state index contributed by atoms with van der Waals surface area (Å²) < 4.78 is 6.08. The molecule has 0 spiro atoms. The van der Waals surface area contributed by atoms with E-state index in [1.165, 1.54) is 0 Å². The van der Waals surface area contributed by atoms with Crippen molar-refractivity contribution >= 4 is 0 Å². The molecule has 0 fully saturated rings. The molecular weight excluding hydrogens is 360 g/mol. The quantitative estimate of drug-likeness (QED) is 0.515. The Kier molecular flexibility index (Phi) is 6.73. The summed E-state index contributed by atoms with van der Waals surface area (Å²) in [5, 5.41) is 20.0. The molecule has 0 aliphatic heterocycles. The van der Waals surface area contributed by atoms with Crippen molar-refractivity contribution < 1.29 is 14.9 Å². The fourth-order valence-electron chi connectivity index (χ4n) is 3.68. The molecule has 29 heavy (non-hydrogen) atoms. The molecule has 0 unspecified atom stereocenters. The van der Waals surface area contributed by atoms with Gasteiger partial charge in [0.1, 0.15) is 12.4 Å². The zero-order valence-electron chi connectivity index (χ0n) is 17.5. The first-order chi connectivity index (χ1) is 14.0. The van der Waals surface area contributed by atoms with Gasteiger partial charge in [-0.25, -0.2) is 0 Å². The molecule has 0 aliphatic rings. The van der Waals surface area contributed by atoms with Crippen molar-refractivity contribution in [3.63, 3.8) is 0 Å². The van der Waals surface area contributed by atoms with Crippen LogP contribution in [-0.2, 0) is 18.8 Å². The first-order valence-electron chi connectivity index (χ1n) is 10.2. The zero-order valence-corrected chi connectivity index (χ0v) is 17.5. The van der Waals surface area contributed by atoms with Crippen LogP contribution in [0.5, 0.6) is 5.75 Å². The Hall–Kier alpha value is -2.62. The maximum Gasteiger partial charge on any atom is 0.123 e. The van der Waals surface area contributed by atoms with E-state index in [1.807, 2.05) is 62.4 Å². The van der Waals surface area contributed by atoms with E-state index in [0.717, 1.165) is 39.1 Å². The second-order valence-electron chi connectivity index (χ2n) is 7.51. The second kappa shape index (κ2) is 9.25. The molecular formula is C26H30O3. The molecule has 0 aromatic heterocycles. The van der Waals surface area contributed by atoms with E-state index in [4.69, 9.17) is 4.74 Å². The summed E-state index contributed by atoms with van der Waals surface area (Å²) in [4.78, 5) is 0. The Morgan fingerprint density at radius 1 is 0.862 bits per heavy atom. The number of rotatable bonds is 8. The van der Waals surface area contributed by atoms with Gasteiger partial charge in [-0.2, -0.15) is 0 Å². The fourth-order valence-corrected chi connectivity index (χ4v) is 3.68. The number of ether oxygens (including phenoxy) is 1. The SMILES string of the molecule is CCC(O)(CC)c1ccc(-c2cccc(OCc3cccc(CO)c3)c2C)cc1. The monoisotopic (exact) mass is 390 g/mol. The molecule has 152 valence electrons. The highest BCUT2D eigenvalue weighted by atomic mass is 16.5. The summed E-state index contributed by atoms with van der Waals surface area (Å²) in [5.74, 6) is 0.847. The van der Waals surface area contributed by atoms with Gasteiger partial charge in [-0.1, -0.05) is 74.5 Å². The Bertz CT molecular complexity index is 940. The van der Waals surface area contributed by atoms with Crippen LogP contribution in [-0.4, -0.2) is 10.2 Å². The van der Waals surface area contributed by atoms with Crippen LogP contribution in [0.15, 0.2) is 66.7 Å². The summed E-state index contributed by atoms with van der Waals surface area (Å²) in [6, 6.07) is 22.1. The maximum atomic E-state index is 10.7. The molecule has 0 heterocycles. The van der Waals surface area contributed by atoms with Crippen LogP contribution in [0.25, 0.3) is 11.1 Å². The van der Waals surface area contributed by atoms with Crippen molar-refractivity contribution in [1.82, 2.24) is 0 Å². The Morgan fingerprint density at radius 3 is 2.17 bits per heavy atom. The lowest BCUT2D eigenvalue weighted by atomic mass is 9.87. The minimum absolute atomic E-state index is 0.0313. The summed E-state index contributed by atoms with van der Waals surface area (Å²) in [6.45, 7) is 6.58. The molecule has 0 aliphatic carbocycles. The number of benzene rings is 3. The minimum Gasteiger partial charge on any atom is -0.489 e. The molecule has 3 aromatic rings. The third kappa shape index (κ3) is 4.69. The molecule has 0 radical (unpaired) electrons. The molecule has 0 bridgehead atoms. The van der Waals surface area contributed by atoms with Gasteiger partial charge >= 0.3 is 0 Å². The van der Waals surface area contributed by atoms with Gasteiger partial charge in [0, 0.05) is 0 Å². The van der Waals surface area contributed by atoms with Crippen molar-refractivity contribution in [3.05, 3.63) is 89.0 Å². The van der Waals surface area contributed by atoms with E-state index in [0.29, 0.717) is 19.4 Å². The lowest BCUT2D eigenvalue weighted by molar-refractivity contribution is 0.0284. The summed E-state index contributed by atoms with van der Waals surface area (Å²) in [5.41, 5.74) is 5.42. The van der Waals surface area contributed by atoms with Gasteiger partial charge in [0.05, 0.1) is 12.2 Å². The topological polar surface area (TPSA) is 49.7 Å². The van der Waals surface area contributed by atoms with Gasteiger partial charge in [-0.05, 0) is 59.2 Å². The largest absolute Gasteiger partial charge is 0.489 e. The number of hydrogen-bond acceptors (Lipinski definition) is 3. The number of hydrogen-bond donors (Lipinski definition) is 2. The fraction of sp³-hybridized carbons (Fsp3) is 0.308. The molecule has 0 amide bonds. The van der Waals surface area contributed by atoms with Gasteiger partial charge in [0.15, 0.2) is 0 Å². The average Bonchev–Trinajstić information content (AvgIpc) is 2.78. The first kappa shape index (κ1) is 21.1. The third-order valence-corrected chi connectivity index (χ3v) is 5.76. The number of aliphatic hydroxyl groups excluding tert-OH is 1. The van der Waals surface area contributed by atoms with Crippen molar-refractivity contribution in [2.24, 2.45) is 0 Å². The van der Waals surface area contributed by atoms with E-state index in [1.54, 1.807) is 0 Å². The van der Waals surface area contributed by atoms with E-state index >= 15 is 0 Å². The lowest BCUT2D eigenvalue weighted by Crippen LogP contribution is -2.23. The Labute approximate surface area is 173 Å². The van der Waals surface area contributed by atoms with Crippen LogP contribution in [0, 0.1) is 6.92 Å². The summed E-state index contributed by atoms with van der Waals surface area (Å²) in [7, 11) is 0. The molecule has 2 N–H and O–H groups in total. The molecule has 3 rings (SSSR count). The van der Waals surface area contributed by atoms with Gasteiger partial charge in [-0.3, -0.25) is 0 Å². The second-order valence-corrected chi connectivity index (χ2v) is 7.51. The van der Waals surface area contributed by atoms with Crippen LogP contribution in [0.4, 0.5) is 0 Å². The van der Waals surface area contributed by atoms with E-state index in [-0.39, 0.29) is 6.61 Å². The van der Waals surface area contributed by atoms with Crippen LogP contribution in [0.3, 0.4) is 0 Å². The van der Waals surface area contributed by atoms with Crippen molar-refractivity contribution in [3.8, 4) is 16.9 Å². The average molecular weight is 391 g/mol. The van der Waals surface area contributed by atoms with Crippen LogP contribution in [0.2, 0.25) is 0 Å². The molecule has 0 saturated carbocycles. The normalized spacial score (nSPS) is 11.5. The predicted octanol–water partition coefficient (Wildman–Crippen LogP) is 5.74. The molecule has 3 aromatic carbocycles. The van der Waals surface area contributed by atoms with Gasteiger partial charge in [0.25, 0.3) is 0 Å². The standard InChI is InChI=1S/C26H30O3/c1-4-26(28,5-2)23-14-12-22(13-15-23)24-10-7-11-25(19(24)3)29-18-21-9-6-8-20(16-21)17-27/h6-16,27-28H,4-5,17-18H2,1-3H3. The lowest BCUT2D eigenvalue weighted by Gasteiger charge is -2.26. The van der Waals surface area contributed by atoms with Crippen molar-refractivity contribution in [2.45, 2.75) is 52.4 Å². The van der Waals surface area contributed by atoms with Crippen molar-refractivity contribution in [2.75, 3.05) is 0 Å². The van der Waals surface area contributed by atoms with Crippen molar-refractivity contribution in [1.29, 1.82) is 0 Å². The first-order valence-corrected chi connectivity index (χ1v) is 10.2. The third-order valence-electron chi connectivity index (χ3n) is 5.76. The Morgan fingerprint density at radius 2 is 1.52 bits per heavy atom. The zero-order chi connectivity index (χ0) is 20.9. The van der Waals surface area contributed by atoms with E-state index in [2.05, 4.69) is 25.1 Å². The smallest absolute Gasteiger partial charge is 0.123 e. The van der Waals surface area contributed by atoms with Gasteiger partial charge < -0.3 is 14.9 Å². The van der Waals surface area contributed by atoms with Crippen LogP contribution >= 0.6 is 0 Å². The van der Waals surface area contributed by atoms with Crippen LogP contribution < -0.4 is 4.74 Å². The minimum atomic E-state index is -0.762. The molecule has 3 nitrogen and oxygen atoms in total. The maximum absolute atomic E-state index is 10.7.